The number of hydrogen-bond acceptors (Lipinski definition) is 7. The molecule has 0 saturated heterocycles. The van der Waals surface area contributed by atoms with Gasteiger partial charge in [0, 0.05) is 18.7 Å². The van der Waals surface area contributed by atoms with E-state index in [9.17, 15) is 4.79 Å². The van der Waals surface area contributed by atoms with E-state index in [4.69, 9.17) is 15.9 Å². The molecule has 0 atom stereocenters. The molecule has 3 rings (SSSR count). The van der Waals surface area contributed by atoms with Gasteiger partial charge in [-0.25, -0.2) is 9.97 Å². The van der Waals surface area contributed by atoms with Gasteiger partial charge in [0.05, 0.1) is 11.3 Å². The standard InChI is InChI=1S/C22H22N6O2/c1-2-18(29)25-12-13-26-22-19(21(24)27-14-28-22)20(23)15-8-10-17(11-9-15)30-16-6-4-3-5-7-16/h2-11,14,23H,1,12-13H2,(H,25,29)(H3,24,26,27,28). The van der Waals surface area contributed by atoms with E-state index in [1.807, 2.05) is 30.3 Å². The van der Waals surface area contributed by atoms with Crippen molar-refractivity contribution in [2.45, 2.75) is 0 Å². The maximum absolute atomic E-state index is 11.2. The number of carbonyl (C=O) groups is 1. The average Bonchev–Trinajstić information content (AvgIpc) is 2.77. The molecule has 8 nitrogen and oxygen atoms in total. The van der Waals surface area contributed by atoms with Gasteiger partial charge < -0.3 is 21.1 Å². The largest absolute Gasteiger partial charge is 0.457 e. The molecule has 0 radical (unpaired) electrons. The minimum Gasteiger partial charge on any atom is -0.457 e. The van der Waals surface area contributed by atoms with Crippen LogP contribution in [0.1, 0.15) is 11.1 Å². The van der Waals surface area contributed by atoms with Crippen LogP contribution in [0.4, 0.5) is 11.6 Å². The van der Waals surface area contributed by atoms with E-state index < -0.39 is 0 Å². The molecule has 0 bridgehead atoms. The number of aromatic nitrogens is 2. The molecule has 0 aliphatic carbocycles. The number of rotatable bonds is 9. The summed E-state index contributed by atoms with van der Waals surface area (Å²) < 4.78 is 5.79. The number of nitrogens with two attached hydrogens (primary N) is 1. The van der Waals surface area contributed by atoms with E-state index in [0.29, 0.717) is 35.8 Å². The predicted octanol–water partition coefficient (Wildman–Crippen LogP) is 2.98. The molecule has 1 amide bonds. The van der Waals surface area contributed by atoms with Crippen molar-refractivity contribution in [1.82, 2.24) is 15.3 Å². The van der Waals surface area contributed by atoms with Crippen LogP contribution in [-0.4, -0.2) is 34.7 Å². The summed E-state index contributed by atoms with van der Waals surface area (Å²) in [4.78, 5) is 19.4. The molecule has 0 unspecified atom stereocenters. The summed E-state index contributed by atoms with van der Waals surface area (Å²) >= 11 is 0. The lowest BCUT2D eigenvalue weighted by Crippen LogP contribution is -2.27. The maximum Gasteiger partial charge on any atom is 0.243 e. The topological polar surface area (TPSA) is 126 Å². The molecule has 0 fully saturated rings. The Morgan fingerprint density at radius 2 is 1.77 bits per heavy atom. The second-order valence-electron chi connectivity index (χ2n) is 6.22. The summed E-state index contributed by atoms with van der Waals surface area (Å²) in [7, 11) is 0. The van der Waals surface area contributed by atoms with Gasteiger partial charge in [0.1, 0.15) is 29.5 Å². The van der Waals surface area contributed by atoms with Gasteiger partial charge in [0.2, 0.25) is 5.91 Å². The summed E-state index contributed by atoms with van der Waals surface area (Å²) in [6, 6.07) is 16.6. The van der Waals surface area contributed by atoms with E-state index in [0.717, 1.165) is 5.75 Å². The van der Waals surface area contributed by atoms with Gasteiger partial charge in [-0.3, -0.25) is 10.2 Å². The number of para-hydroxylation sites is 1. The third kappa shape index (κ3) is 5.20. The lowest BCUT2D eigenvalue weighted by Gasteiger charge is -2.14. The number of ether oxygens (including phenoxy) is 1. The molecular weight excluding hydrogens is 380 g/mol. The summed E-state index contributed by atoms with van der Waals surface area (Å²) in [5.41, 5.74) is 7.24. The summed E-state index contributed by atoms with van der Waals surface area (Å²) in [6.45, 7) is 4.17. The number of nitrogens with zero attached hydrogens (tertiary/aromatic N) is 2. The van der Waals surface area contributed by atoms with Gasteiger partial charge in [-0.05, 0) is 42.5 Å². The van der Waals surface area contributed by atoms with Crippen LogP contribution in [0, 0.1) is 5.41 Å². The second-order valence-corrected chi connectivity index (χ2v) is 6.22. The summed E-state index contributed by atoms with van der Waals surface area (Å²) in [5.74, 6) is 1.74. The van der Waals surface area contributed by atoms with Gasteiger partial charge in [-0.15, -0.1) is 0 Å². The van der Waals surface area contributed by atoms with Crippen LogP contribution < -0.4 is 21.1 Å². The quantitative estimate of drug-likeness (QED) is 0.248. The Morgan fingerprint density at radius 1 is 1.07 bits per heavy atom. The monoisotopic (exact) mass is 402 g/mol. The van der Waals surface area contributed by atoms with Gasteiger partial charge in [0.15, 0.2) is 0 Å². The van der Waals surface area contributed by atoms with Crippen LogP contribution in [-0.2, 0) is 4.79 Å². The van der Waals surface area contributed by atoms with Crippen LogP contribution in [0.25, 0.3) is 0 Å². The third-order valence-corrected chi connectivity index (χ3v) is 4.15. The zero-order valence-electron chi connectivity index (χ0n) is 16.3. The highest BCUT2D eigenvalue weighted by Gasteiger charge is 2.16. The highest BCUT2D eigenvalue weighted by atomic mass is 16.5. The van der Waals surface area contributed by atoms with Crippen molar-refractivity contribution in [1.29, 1.82) is 5.41 Å². The van der Waals surface area contributed by atoms with Crippen LogP contribution in [0.3, 0.4) is 0 Å². The third-order valence-electron chi connectivity index (χ3n) is 4.15. The van der Waals surface area contributed by atoms with Crippen LogP contribution in [0.2, 0.25) is 0 Å². The first-order valence-electron chi connectivity index (χ1n) is 9.25. The van der Waals surface area contributed by atoms with Gasteiger partial charge in [-0.1, -0.05) is 24.8 Å². The normalized spacial score (nSPS) is 10.1. The summed E-state index contributed by atoms with van der Waals surface area (Å²) in [6.07, 6.45) is 2.53. The minimum atomic E-state index is -0.259. The SMILES string of the molecule is C=CC(=O)NCCNc1ncnc(N)c1C(=N)c1ccc(Oc2ccccc2)cc1. The molecule has 1 aromatic heterocycles. The highest BCUT2D eigenvalue weighted by Crippen LogP contribution is 2.25. The van der Waals surface area contributed by atoms with Gasteiger partial charge >= 0.3 is 0 Å². The smallest absolute Gasteiger partial charge is 0.243 e. The van der Waals surface area contributed by atoms with Crippen molar-refractivity contribution < 1.29 is 9.53 Å². The molecule has 0 spiro atoms. The molecular formula is C22H22N6O2. The molecule has 152 valence electrons. The molecule has 2 aromatic carbocycles. The molecule has 8 heteroatoms. The van der Waals surface area contributed by atoms with E-state index >= 15 is 0 Å². The highest BCUT2D eigenvalue weighted by molar-refractivity contribution is 6.16. The Labute approximate surface area is 174 Å². The average molecular weight is 402 g/mol. The van der Waals surface area contributed by atoms with Crippen LogP contribution in [0.15, 0.2) is 73.6 Å². The molecule has 0 saturated carbocycles. The van der Waals surface area contributed by atoms with Crippen molar-refractivity contribution in [3.05, 3.63) is 84.7 Å². The number of nitrogen functional groups attached to an aromatic ring is 1. The fourth-order valence-electron chi connectivity index (χ4n) is 2.68. The van der Waals surface area contributed by atoms with E-state index in [1.165, 1.54) is 12.4 Å². The molecule has 1 heterocycles. The van der Waals surface area contributed by atoms with Gasteiger partial charge in [-0.2, -0.15) is 0 Å². The van der Waals surface area contributed by atoms with Crippen molar-refractivity contribution >= 4 is 23.3 Å². The van der Waals surface area contributed by atoms with Crippen molar-refractivity contribution in [2.75, 3.05) is 24.1 Å². The minimum absolute atomic E-state index is 0.178. The second kappa shape index (κ2) is 9.83. The van der Waals surface area contributed by atoms with E-state index in [-0.39, 0.29) is 17.4 Å². The first kappa shape index (κ1) is 20.5. The number of carbonyl (C=O) groups excluding carboxylic acids is 1. The Balaban J connectivity index is 1.72. The Kier molecular flexibility index (Phi) is 6.73. The zero-order valence-corrected chi connectivity index (χ0v) is 16.3. The Morgan fingerprint density at radius 3 is 2.47 bits per heavy atom. The Hall–Kier alpha value is -4.20. The molecule has 30 heavy (non-hydrogen) atoms. The van der Waals surface area contributed by atoms with E-state index in [2.05, 4.69) is 27.2 Å². The lowest BCUT2D eigenvalue weighted by atomic mass is 10.0. The maximum atomic E-state index is 11.2. The number of amides is 1. The lowest BCUT2D eigenvalue weighted by molar-refractivity contribution is -0.116. The van der Waals surface area contributed by atoms with Crippen LogP contribution in [0.5, 0.6) is 11.5 Å². The first-order chi connectivity index (χ1) is 14.6. The predicted molar refractivity (Wildman–Crippen MR) is 117 cm³/mol. The fourth-order valence-corrected chi connectivity index (χ4v) is 2.68. The van der Waals surface area contributed by atoms with Crippen molar-refractivity contribution in [3.8, 4) is 11.5 Å². The first-order valence-corrected chi connectivity index (χ1v) is 9.25. The molecule has 5 N–H and O–H groups in total. The van der Waals surface area contributed by atoms with Gasteiger partial charge in [0.25, 0.3) is 0 Å². The van der Waals surface area contributed by atoms with Crippen LogP contribution >= 0.6 is 0 Å². The number of hydrogen-bond donors (Lipinski definition) is 4. The number of nitrogens with one attached hydrogen (secondary N) is 3. The zero-order chi connectivity index (χ0) is 21.3. The van der Waals surface area contributed by atoms with Crippen molar-refractivity contribution in [3.63, 3.8) is 0 Å². The Bertz CT molecular complexity index is 1040. The summed E-state index contributed by atoms with van der Waals surface area (Å²) in [5, 5.41) is 14.3. The number of anilines is 2. The molecule has 0 aliphatic heterocycles. The fraction of sp³-hybridized carbons (Fsp3) is 0.0909. The number of benzene rings is 2. The molecule has 0 aliphatic rings. The molecule has 3 aromatic rings. The van der Waals surface area contributed by atoms with E-state index in [1.54, 1.807) is 24.3 Å². The van der Waals surface area contributed by atoms with Crippen molar-refractivity contribution in [2.24, 2.45) is 0 Å².